The van der Waals surface area contributed by atoms with Crippen LogP contribution in [0.4, 0.5) is 4.79 Å². The van der Waals surface area contributed by atoms with Gasteiger partial charge in [0.05, 0.1) is 11.4 Å². The van der Waals surface area contributed by atoms with Gasteiger partial charge < -0.3 is 10.6 Å². The van der Waals surface area contributed by atoms with Gasteiger partial charge in [-0.1, -0.05) is 38.1 Å². The Morgan fingerprint density at radius 3 is 2.39 bits per heavy atom. The highest BCUT2D eigenvalue weighted by Gasteiger charge is 2.27. The number of allylic oxidation sites excluding steroid dienone is 1. The molecule has 0 fully saturated rings. The van der Waals surface area contributed by atoms with Crippen LogP contribution in [-0.2, 0) is 0 Å². The quantitative estimate of drug-likeness (QED) is 0.737. The molecule has 1 aromatic heterocycles. The van der Waals surface area contributed by atoms with Crippen molar-refractivity contribution in [3.63, 3.8) is 0 Å². The van der Waals surface area contributed by atoms with Crippen molar-refractivity contribution in [1.82, 2.24) is 20.4 Å². The van der Waals surface area contributed by atoms with Crippen LogP contribution in [0, 0.1) is 13.8 Å². The van der Waals surface area contributed by atoms with Crippen LogP contribution in [0.5, 0.6) is 0 Å². The maximum absolute atomic E-state index is 12.0. The molecule has 2 N–H and O–H groups in total. The van der Waals surface area contributed by atoms with E-state index in [9.17, 15) is 4.79 Å². The van der Waals surface area contributed by atoms with Crippen molar-refractivity contribution in [2.45, 2.75) is 71.9 Å². The Kier molecular flexibility index (Phi) is 5.92. The zero-order chi connectivity index (χ0) is 20.4. The lowest BCUT2D eigenvalue weighted by molar-refractivity contribution is 0.236. The van der Waals surface area contributed by atoms with Crippen molar-refractivity contribution in [2.24, 2.45) is 0 Å². The molecule has 1 heterocycles. The number of carbonyl (C=O) groups is 1. The normalized spacial score (nSPS) is 18.9. The van der Waals surface area contributed by atoms with Crippen LogP contribution in [0.3, 0.4) is 0 Å². The van der Waals surface area contributed by atoms with Gasteiger partial charge in [0.15, 0.2) is 0 Å². The molecule has 2 amide bonds. The molecule has 5 nitrogen and oxygen atoms in total. The van der Waals surface area contributed by atoms with Crippen LogP contribution in [0.2, 0.25) is 0 Å². The summed E-state index contributed by atoms with van der Waals surface area (Å²) in [6, 6.07) is 8.72. The fourth-order valence-corrected chi connectivity index (χ4v) is 3.94. The first-order chi connectivity index (χ1) is 13.3. The highest BCUT2D eigenvalue weighted by atomic mass is 16.2. The molecular formula is C23H32N4O. The average Bonchev–Trinajstić information content (AvgIpc) is 3.18. The van der Waals surface area contributed by atoms with E-state index in [1.54, 1.807) is 0 Å². The molecule has 0 unspecified atom stereocenters. The van der Waals surface area contributed by atoms with Crippen molar-refractivity contribution >= 4 is 6.03 Å². The minimum absolute atomic E-state index is 0.0521. The summed E-state index contributed by atoms with van der Waals surface area (Å²) in [6.07, 6.45) is 5.16. The number of urea groups is 1. The number of amides is 2. The predicted molar refractivity (Wildman–Crippen MR) is 114 cm³/mol. The molecule has 0 radical (unpaired) electrons. The number of nitrogens with one attached hydrogen (secondary N) is 2. The van der Waals surface area contributed by atoms with Gasteiger partial charge in [-0.25, -0.2) is 9.48 Å². The molecule has 28 heavy (non-hydrogen) atoms. The van der Waals surface area contributed by atoms with E-state index in [0.717, 1.165) is 23.5 Å². The van der Waals surface area contributed by atoms with E-state index in [1.165, 1.54) is 11.1 Å². The summed E-state index contributed by atoms with van der Waals surface area (Å²) in [7, 11) is 0. The topological polar surface area (TPSA) is 59.0 Å². The number of aromatic nitrogens is 2. The number of rotatable bonds is 5. The Balaban J connectivity index is 1.76. The van der Waals surface area contributed by atoms with Crippen molar-refractivity contribution in [3.8, 4) is 5.69 Å². The van der Waals surface area contributed by atoms with Crippen LogP contribution in [-0.4, -0.2) is 27.9 Å². The van der Waals surface area contributed by atoms with Gasteiger partial charge in [0.1, 0.15) is 0 Å². The molecule has 2 aromatic rings. The van der Waals surface area contributed by atoms with Crippen LogP contribution in [0.1, 0.15) is 68.5 Å². The maximum atomic E-state index is 12.0. The molecule has 1 aliphatic rings. The van der Waals surface area contributed by atoms with E-state index in [2.05, 4.69) is 74.7 Å². The van der Waals surface area contributed by atoms with Crippen molar-refractivity contribution < 1.29 is 4.79 Å². The first-order valence-electron chi connectivity index (χ1n) is 10.2. The lowest BCUT2D eigenvalue weighted by Gasteiger charge is -2.16. The molecule has 150 valence electrons. The molecular weight excluding hydrogens is 348 g/mol. The van der Waals surface area contributed by atoms with Crippen LogP contribution in [0.25, 0.3) is 5.69 Å². The summed E-state index contributed by atoms with van der Waals surface area (Å²) in [4.78, 5) is 12.0. The molecule has 0 bridgehead atoms. The summed E-state index contributed by atoms with van der Waals surface area (Å²) < 4.78 is 2.04. The summed E-state index contributed by atoms with van der Waals surface area (Å²) >= 11 is 0. The van der Waals surface area contributed by atoms with E-state index >= 15 is 0 Å². The van der Waals surface area contributed by atoms with Gasteiger partial charge in [-0.2, -0.15) is 5.10 Å². The monoisotopic (exact) mass is 380 g/mol. The van der Waals surface area contributed by atoms with Crippen molar-refractivity contribution in [3.05, 3.63) is 58.9 Å². The molecule has 3 rings (SSSR count). The number of carbonyl (C=O) groups excluding carboxylic acids is 1. The lowest BCUT2D eigenvalue weighted by atomic mass is 9.96. The second-order valence-electron chi connectivity index (χ2n) is 8.35. The Bertz CT molecular complexity index is 861. The van der Waals surface area contributed by atoms with Gasteiger partial charge in [-0.3, -0.25) is 0 Å². The standard InChI is InChI=1S/C23H32N4O/c1-14(2)18-8-11-21(12-9-18)27-17(6)22(16(5)26-27)19-7-10-20(13-19)25-23(28)24-15(3)4/h7-12,14-15,19-20H,13H2,1-6H3,(H2,24,25,28)/t19-,20+/m0/s1. The minimum atomic E-state index is -0.111. The predicted octanol–water partition coefficient (Wildman–Crippen LogP) is 4.73. The highest BCUT2D eigenvalue weighted by molar-refractivity contribution is 5.74. The minimum Gasteiger partial charge on any atom is -0.336 e. The Morgan fingerprint density at radius 2 is 1.79 bits per heavy atom. The molecule has 0 saturated carbocycles. The molecule has 1 aromatic carbocycles. The number of aryl methyl sites for hydroxylation is 1. The van der Waals surface area contributed by atoms with Gasteiger partial charge in [-0.15, -0.1) is 0 Å². The van der Waals surface area contributed by atoms with E-state index in [0.29, 0.717) is 5.92 Å². The van der Waals surface area contributed by atoms with Crippen LogP contribution < -0.4 is 10.6 Å². The largest absolute Gasteiger partial charge is 0.336 e. The number of hydrogen-bond acceptors (Lipinski definition) is 2. The van der Waals surface area contributed by atoms with Gasteiger partial charge in [0.25, 0.3) is 0 Å². The summed E-state index contributed by atoms with van der Waals surface area (Å²) in [6.45, 7) is 12.5. The molecule has 0 aliphatic heterocycles. The number of hydrogen-bond donors (Lipinski definition) is 2. The Hall–Kier alpha value is -2.56. The summed E-state index contributed by atoms with van der Waals surface area (Å²) in [5.41, 5.74) is 5.89. The smallest absolute Gasteiger partial charge is 0.315 e. The SMILES string of the molecule is Cc1nn(-c2ccc(C(C)C)cc2)c(C)c1[C@H]1C=C[C@@H](NC(=O)NC(C)C)C1. The molecule has 2 atom stereocenters. The first kappa shape index (κ1) is 20.2. The molecule has 0 spiro atoms. The summed E-state index contributed by atoms with van der Waals surface area (Å²) in [5, 5.41) is 10.7. The number of benzene rings is 1. The third-order valence-electron chi connectivity index (χ3n) is 5.34. The van der Waals surface area contributed by atoms with Crippen LogP contribution >= 0.6 is 0 Å². The second kappa shape index (κ2) is 8.21. The zero-order valence-electron chi connectivity index (χ0n) is 17.8. The van der Waals surface area contributed by atoms with Gasteiger partial charge in [0, 0.05) is 29.3 Å². The zero-order valence-corrected chi connectivity index (χ0v) is 17.8. The Morgan fingerprint density at radius 1 is 1.11 bits per heavy atom. The van der Waals surface area contributed by atoms with Gasteiger partial charge in [0.2, 0.25) is 0 Å². The molecule has 1 aliphatic carbocycles. The number of nitrogens with zero attached hydrogens (tertiary/aromatic N) is 2. The van der Waals surface area contributed by atoms with Gasteiger partial charge in [-0.05, 0) is 57.7 Å². The van der Waals surface area contributed by atoms with Crippen LogP contribution in [0.15, 0.2) is 36.4 Å². The third kappa shape index (κ3) is 4.29. The van der Waals surface area contributed by atoms with Crippen molar-refractivity contribution in [1.29, 1.82) is 0 Å². The average molecular weight is 381 g/mol. The Labute approximate surface area is 168 Å². The third-order valence-corrected chi connectivity index (χ3v) is 5.34. The molecule has 5 heteroatoms. The van der Waals surface area contributed by atoms with Gasteiger partial charge >= 0.3 is 6.03 Å². The first-order valence-corrected chi connectivity index (χ1v) is 10.2. The summed E-state index contributed by atoms with van der Waals surface area (Å²) in [5.74, 6) is 0.791. The van der Waals surface area contributed by atoms with E-state index < -0.39 is 0 Å². The molecule has 0 saturated heterocycles. The highest BCUT2D eigenvalue weighted by Crippen LogP contribution is 2.34. The lowest BCUT2D eigenvalue weighted by Crippen LogP contribution is -2.43. The second-order valence-corrected chi connectivity index (χ2v) is 8.35. The van der Waals surface area contributed by atoms with Crippen molar-refractivity contribution in [2.75, 3.05) is 0 Å². The van der Waals surface area contributed by atoms with E-state index in [-0.39, 0.29) is 24.0 Å². The van der Waals surface area contributed by atoms with E-state index in [4.69, 9.17) is 5.10 Å². The van der Waals surface area contributed by atoms with E-state index in [1.807, 2.05) is 18.5 Å². The fraction of sp³-hybridized carbons (Fsp3) is 0.478. The maximum Gasteiger partial charge on any atom is 0.315 e. The fourth-order valence-electron chi connectivity index (χ4n) is 3.94.